The summed E-state index contributed by atoms with van der Waals surface area (Å²) >= 11 is 0. The number of fused-ring (bicyclic) bond motifs is 1. The van der Waals surface area contributed by atoms with Gasteiger partial charge >= 0.3 is 0 Å². The largest absolute Gasteiger partial charge is 0.507 e. The first-order chi connectivity index (χ1) is 14.1. The number of aromatic nitrogens is 1. The number of benzene rings is 2. The Balaban J connectivity index is 1.70. The summed E-state index contributed by atoms with van der Waals surface area (Å²) < 4.78 is 5.92. The van der Waals surface area contributed by atoms with Gasteiger partial charge in [0.15, 0.2) is 0 Å². The molecule has 1 unspecified atom stereocenters. The summed E-state index contributed by atoms with van der Waals surface area (Å²) in [5, 5.41) is 12.1. The van der Waals surface area contributed by atoms with Crippen molar-refractivity contribution in [1.29, 1.82) is 0 Å². The van der Waals surface area contributed by atoms with Crippen LogP contribution in [0, 0.1) is 0 Å². The minimum Gasteiger partial charge on any atom is -0.507 e. The average molecular weight is 383 g/mol. The lowest BCUT2D eigenvalue weighted by molar-refractivity contribution is 0.117. The maximum Gasteiger partial charge on any atom is 0.123 e. The van der Waals surface area contributed by atoms with E-state index in [0.29, 0.717) is 12.4 Å². The molecule has 1 atom stereocenters. The molecule has 4 rings (SSSR count). The van der Waals surface area contributed by atoms with Gasteiger partial charge in [0.2, 0.25) is 0 Å². The molecule has 3 heteroatoms. The number of allylic oxidation sites excluding steroid dienone is 1. The number of rotatable bonds is 6. The monoisotopic (exact) mass is 383 g/mol. The maximum atomic E-state index is 10.2. The zero-order valence-corrected chi connectivity index (χ0v) is 16.6. The molecule has 3 nitrogen and oxygen atoms in total. The quantitative estimate of drug-likeness (QED) is 0.554. The van der Waals surface area contributed by atoms with Crippen molar-refractivity contribution >= 4 is 22.4 Å². The van der Waals surface area contributed by atoms with Crippen LogP contribution in [-0.4, -0.2) is 22.8 Å². The number of nitrogens with zero attached hydrogens (tertiary/aromatic N) is 1. The highest BCUT2D eigenvalue weighted by atomic mass is 16.5. The first-order valence-corrected chi connectivity index (χ1v) is 9.93. The maximum absolute atomic E-state index is 10.2. The molecule has 1 aliphatic heterocycles. The first kappa shape index (κ1) is 19.2. The summed E-state index contributed by atoms with van der Waals surface area (Å²) in [7, 11) is 0. The lowest BCUT2D eigenvalue weighted by Gasteiger charge is -2.16. The molecule has 0 amide bonds. The number of phenolic OH excluding ortho intramolecular Hbond substituents is 1. The van der Waals surface area contributed by atoms with Crippen LogP contribution in [0.15, 0.2) is 84.6 Å². The van der Waals surface area contributed by atoms with Crippen molar-refractivity contribution in [2.24, 2.45) is 0 Å². The van der Waals surface area contributed by atoms with Gasteiger partial charge in [0.1, 0.15) is 5.75 Å². The van der Waals surface area contributed by atoms with Crippen LogP contribution in [-0.2, 0) is 4.74 Å². The Morgan fingerprint density at radius 1 is 1.14 bits per heavy atom. The van der Waals surface area contributed by atoms with E-state index in [1.165, 1.54) is 5.57 Å². The topological polar surface area (TPSA) is 42.4 Å². The molecule has 0 spiro atoms. The number of ether oxygens (including phenoxy) is 1. The predicted molar refractivity (Wildman–Crippen MR) is 120 cm³/mol. The first-order valence-electron chi connectivity index (χ1n) is 9.93. The molecule has 0 aliphatic carbocycles. The zero-order valence-electron chi connectivity index (χ0n) is 16.6. The van der Waals surface area contributed by atoms with Gasteiger partial charge in [-0.25, -0.2) is 0 Å². The third kappa shape index (κ3) is 4.15. The third-order valence-corrected chi connectivity index (χ3v) is 5.37. The van der Waals surface area contributed by atoms with Gasteiger partial charge in [-0.05, 0) is 66.1 Å². The van der Waals surface area contributed by atoms with E-state index in [2.05, 4.69) is 23.7 Å². The molecule has 1 aromatic heterocycles. The number of pyridine rings is 1. The second kappa shape index (κ2) is 8.46. The van der Waals surface area contributed by atoms with Crippen molar-refractivity contribution in [3.8, 4) is 5.75 Å². The molecule has 0 bridgehead atoms. The molecule has 146 valence electrons. The predicted octanol–water partition coefficient (Wildman–Crippen LogP) is 6.16. The van der Waals surface area contributed by atoms with Gasteiger partial charge in [0.05, 0.1) is 18.4 Å². The fourth-order valence-corrected chi connectivity index (χ4v) is 3.90. The summed E-state index contributed by atoms with van der Waals surface area (Å²) in [4.78, 5) is 4.58. The van der Waals surface area contributed by atoms with Gasteiger partial charge in [0.25, 0.3) is 0 Å². The third-order valence-electron chi connectivity index (χ3n) is 5.37. The summed E-state index contributed by atoms with van der Waals surface area (Å²) in [6.07, 6.45) is 7.92. The highest BCUT2D eigenvalue weighted by molar-refractivity contribution is 5.98. The zero-order chi connectivity index (χ0) is 20.2. The molecule has 1 aliphatic rings. The van der Waals surface area contributed by atoms with Crippen molar-refractivity contribution in [2.75, 3.05) is 6.61 Å². The Kier molecular flexibility index (Phi) is 5.59. The van der Waals surface area contributed by atoms with Gasteiger partial charge in [-0.2, -0.15) is 0 Å². The highest BCUT2D eigenvalue weighted by Crippen LogP contribution is 2.32. The fraction of sp³-hybridized carbons (Fsp3) is 0.192. The van der Waals surface area contributed by atoms with Gasteiger partial charge < -0.3 is 9.84 Å². The molecule has 2 aromatic carbocycles. The van der Waals surface area contributed by atoms with Crippen LogP contribution in [0.3, 0.4) is 0 Å². The summed E-state index contributed by atoms with van der Waals surface area (Å²) in [6, 6.07) is 17.6. The van der Waals surface area contributed by atoms with E-state index in [-0.39, 0.29) is 6.10 Å². The van der Waals surface area contributed by atoms with Crippen LogP contribution in [0.4, 0.5) is 0 Å². The molecule has 1 N–H and O–H groups in total. The van der Waals surface area contributed by atoms with Crippen LogP contribution < -0.4 is 0 Å². The Labute approximate surface area is 171 Å². The Hall–Kier alpha value is -3.17. The van der Waals surface area contributed by atoms with E-state index < -0.39 is 0 Å². The molecular weight excluding hydrogens is 358 g/mol. The van der Waals surface area contributed by atoms with E-state index in [1.54, 1.807) is 6.07 Å². The molecule has 0 radical (unpaired) electrons. The minimum absolute atomic E-state index is 0.0798. The Morgan fingerprint density at radius 3 is 2.69 bits per heavy atom. The second-order valence-electron chi connectivity index (χ2n) is 7.40. The van der Waals surface area contributed by atoms with E-state index >= 15 is 0 Å². The Morgan fingerprint density at radius 2 is 1.93 bits per heavy atom. The van der Waals surface area contributed by atoms with Gasteiger partial charge in [-0.15, -0.1) is 0 Å². The summed E-state index contributed by atoms with van der Waals surface area (Å²) in [6.45, 7) is 6.77. The SMILES string of the molecule is C=C(C)C1=CCOC1CC/C(=C/c1ccc(O)c2ccccc12)c1ccccn1. The molecule has 2 heterocycles. The molecule has 0 fully saturated rings. The van der Waals surface area contributed by atoms with Crippen molar-refractivity contribution in [2.45, 2.75) is 25.9 Å². The van der Waals surface area contributed by atoms with Gasteiger partial charge in [-0.3, -0.25) is 4.98 Å². The lowest BCUT2D eigenvalue weighted by atomic mass is 9.94. The molecule has 0 saturated carbocycles. The molecule has 3 aromatic rings. The van der Waals surface area contributed by atoms with Gasteiger partial charge in [0, 0.05) is 11.6 Å². The lowest BCUT2D eigenvalue weighted by Crippen LogP contribution is -2.11. The Bertz CT molecular complexity index is 1100. The van der Waals surface area contributed by atoms with Crippen LogP contribution in [0.1, 0.15) is 31.0 Å². The number of phenols is 1. The minimum atomic E-state index is 0.0798. The van der Waals surface area contributed by atoms with Crippen LogP contribution >= 0.6 is 0 Å². The molecule has 29 heavy (non-hydrogen) atoms. The van der Waals surface area contributed by atoms with Crippen molar-refractivity contribution in [1.82, 2.24) is 4.98 Å². The summed E-state index contributed by atoms with van der Waals surface area (Å²) in [5.41, 5.74) is 5.46. The smallest absolute Gasteiger partial charge is 0.123 e. The average Bonchev–Trinajstić information content (AvgIpc) is 3.22. The van der Waals surface area contributed by atoms with E-state index in [1.807, 2.05) is 61.7 Å². The standard InChI is InChI=1S/C26H25NO2/c1-18(2)21-14-16-29-26(21)13-11-20(24-9-5-6-15-27-24)17-19-10-12-25(28)23-8-4-3-7-22(19)23/h3-10,12,14-15,17,26,28H,1,11,13,16H2,2H3/b20-17-. The van der Waals surface area contributed by atoms with Crippen molar-refractivity contribution in [3.05, 3.63) is 95.9 Å². The summed E-state index contributed by atoms with van der Waals surface area (Å²) in [5.74, 6) is 0.299. The molecular formula is C26H25NO2. The van der Waals surface area contributed by atoms with Crippen molar-refractivity contribution in [3.63, 3.8) is 0 Å². The van der Waals surface area contributed by atoms with E-state index in [0.717, 1.165) is 46.0 Å². The fourth-order valence-electron chi connectivity index (χ4n) is 3.90. The van der Waals surface area contributed by atoms with Crippen molar-refractivity contribution < 1.29 is 9.84 Å². The van der Waals surface area contributed by atoms with E-state index in [4.69, 9.17) is 4.74 Å². The van der Waals surface area contributed by atoms with Crippen LogP contribution in [0.2, 0.25) is 0 Å². The molecule has 0 saturated heterocycles. The normalized spacial score (nSPS) is 16.8. The number of hydrogen-bond acceptors (Lipinski definition) is 3. The number of hydrogen-bond donors (Lipinski definition) is 1. The second-order valence-corrected chi connectivity index (χ2v) is 7.40. The number of aromatic hydroxyl groups is 1. The van der Waals surface area contributed by atoms with E-state index in [9.17, 15) is 5.11 Å². The van der Waals surface area contributed by atoms with Gasteiger partial charge in [-0.1, -0.05) is 54.6 Å². The van der Waals surface area contributed by atoms with Crippen LogP contribution in [0.25, 0.3) is 22.4 Å². The highest BCUT2D eigenvalue weighted by Gasteiger charge is 2.21. The van der Waals surface area contributed by atoms with Crippen LogP contribution in [0.5, 0.6) is 5.75 Å².